The van der Waals surface area contributed by atoms with Crippen LogP contribution in [0.25, 0.3) is 101 Å². The molecule has 0 saturated carbocycles. The molecular weight excluding hydrogens is 661 g/mol. The first-order valence-electron chi connectivity index (χ1n) is 18.2. The Bertz CT molecular complexity index is 2710. The number of aromatic nitrogens is 6. The van der Waals surface area contributed by atoms with Gasteiger partial charge in [-0.25, -0.2) is 15.0 Å². The van der Waals surface area contributed by atoms with Crippen LogP contribution in [0.5, 0.6) is 0 Å². The van der Waals surface area contributed by atoms with E-state index >= 15 is 0 Å². The first kappa shape index (κ1) is 31.7. The van der Waals surface area contributed by atoms with Crippen molar-refractivity contribution in [2.45, 2.75) is 0 Å². The molecule has 0 saturated heterocycles. The Kier molecular flexibility index (Phi) is 7.37. The van der Waals surface area contributed by atoms with Crippen LogP contribution in [0.3, 0.4) is 0 Å². The zero-order valence-electron chi connectivity index (χ0n) is 30.3. The van der Waals surface area contributed by atoms with Gasteiger partial charge < -0.3 is 13.7 Å². The number of hydrogen-bond donors (Lipinski definition) is 0. The average Bonchev–Trinajstić information content (AvgIpc) is 3.88. The molecule has 0 unspecified atom stereocenters. The van der Waals surface area contributed by atoms with Gasteiger partial charge >= 0.3 is 0 Å². The molecule has 0 fully saturated rings. The monoisotopic (exact) mass is 696 g/mol. The van der Waals surface area contributed by atoms with Crippen LogP contribution < -0.4 is 0 Å². The SMILES string of the molecule is Cn1c(-c2cccc(-c3cc(-c4cccc(-c5nc6ccccc6n5C)c4)cc(-c4cccc(-c5nc6ccccc6n5C)c4)c3)c2)nc2ccccc21. The molecule has 54 heavy (non-hydrogen) atoms. The highest BCUT2D eigenvalue weighted by molar-refractivity contribution is 5.87. The lowest BCUT2D eigenvalue weighted by atomic mass is 9.91. The minimum atomic E-state index is 0.944. The van der Waals surface area contributed by atoms with Crippen LogP contribution in [0.15, 0.2) is 164 Å². The van der Waals surface area contributed by atoms with Crippen molar-refractivity contribution in [1.29, 1.82) is 0 Å². The van der Waals surface area contributed by atoms with Crippen LogP contribution in [0.1, 0.15) is 0 Å². The van der Waals surface area contributed by atoms with Crippen molar-refractivity contribution in [3.05, 3.63) is 164 Å². The van der Waals surface area contributed by atoms with Crippen molar-refractivity contribution in [1.82, 2.24) is 28.7 Å². The second kappa shape index (κ2) is 12.6. The third-order valence-electron chi connectivity index (χ3n) is 10.7. The predicted molar refractivity (Wildman–Crippen MR) is 222 cm³/mol. The van der Waals surface area contributed by atoms with Crippen molar-refractivity contribution in [3.8, 4) is 67.5 Å². The molecule has 0 aliphatic heterocycles. The van der Waals surface area contributed by atoms with Crippen molar-refractivity contribution in [2.75, 3.05) is 0 Å². The van der Waals surface area contributed by atoms with Gasteiger partial charge in [0.1, 0.15) is 17.5 Å². The van der Waals surface area contributed by atoms with E-state index in [4.69, 9.17) is 15.0 Å². The van der Waals surface area contributed by atoms with E-state index in [2.05, 4.69) is 180 Å². The highest BCUT2D eigenvalue weighted by Crippen LogP contribution is 2.37. The smallest absolute Gasteiger partial charge is 0.140 e. The van der Waals surface area contributed by atoms with Crippen molar-refractivity contribution in [3.63, 3.8) is 0 Å². The molecular formula is C48H36N6. The fraction of sp³-hybridized carbons (Fsp3) is 0.0625. The van der Waals surface area contributed by atoms with E-state index in [9.17, 15) is 0 Å². The van der Waals surface area contributed by atoms with Gasteiger partial charge in [0, 0.05) is 37.8 Å². The van der Waals surface area contributed by atoms with E-state index in [0.717, 1.165) is 101 Å². The molecule has 0 radical (unpaired) electrons. The standard InChI is InChI=1S/C48H36N6/c1-52-43-22-7-4-19-40(43)49-46(52)34-16-10-13-31(25-34)37-28-38(32-14-11-17-35(26-32)47-50-41-20-5-8-23-44(41)53(47)2)30-39(29-37)33-15-12-18-36(27-33)48-51-42-21-6-9-24-45(42)54(48)3/h4-30H,1-3H3. The van der Waals surface area contributed by atoms with Gasteiger partial charge in [-0.05, 0) is 106 Å². The lowest BCUT2D eigenvalue weighted by molar-refractivity contribution is 0.959. The molecule has 6 nitrogen and oxygen atoms in total. The number of rotatable bonds is 6. The van der Waals surface area contributed by atoms with Crippen LogP contribution in [0.2, 0.25) is 0 Å². The highest BCUT2D eigenvalue weighted by Gasteiger charge is 2.16. The zero-order valence-corrected chi connectivity index (χ0v) is 30.3. The quantitative estimate of drug-likeness (QED) is 0.174. The van der Waals surface area contributed by atoms with Gasteiger partial charge in [0.25, 0.3) is 0 Å². The van der Waals surface area contributed by atoms with Gasteiger partial charge in [-0.15, -0.1) is 0 Å². The van der Waals surface area contributed by atoms with Crippen molar-refractivity contribution in [2.24, 2.45) is 21.1 Å². The molecule has 258 valence electrons. The Balaban J connectivity index is 1.13. The third kappa shape index (κ3) is 5.30. The summed E-state index contributed by atoms with van der Waals surface area (Å²) in [5, 5.41) is 0. The summed E-state index contributed by atoms with van der Waals surface area (Å²) < 4.78 is 6.53. The number of nitrogens with zero attached hydrogens (tertiary/aromatic N) is 6. The molecule has 0 bridgehead atoms. The molecule has 7 aromatic carbocycles. The van der Waals surface area contributed by atoms with Crippen LogP contribution in [0, 0.1) is 0 Å². The van der Waals surface area contributed by atoms with Gasteiger partial charge in [0.05, 0.1) is 33.1 Å². The second-order valence-corrected chi connectivity index (χ2v) is 14.0. The van der Waals surface area contributed by atoms with Crippen LogP contribution in [-0.2, 0) is 21.1 Å². The van der Waals surface area contributed by atoms with Crippen LogP contribution in [0.4, 0.5) is 0 Å². The third-order valence-corrected chi connectivity index (χ3v) is 10.7. The zero-order chi connectivity index (χ0) is 36.3. The molecule has 3 heterocycles. The number of aryl methyl sites for hydroxylation is 3. The molecule has 0 N–H and O–H groups in total. The Morgan fingerprint density at radius 2 is 0.537 bits per heavy atom. The molecule has 10 rings (SSSR count). The number of fused-ring (bicyclic) bond motifs is 3. The van der Waals surface area contributed by atoms with Gasteiger partial charge in [0.2, 0.25) is 0 Å². The average molecular weight is 697 g/mol. The van der Waals surface area contributed by atoms with Gasteiger partial charge in [-0.1, -0.05) is 91.0 Å². The number of hydrogen-bond acceptors (Lipinski definition) is 3. The van der Waals surface area contributed by atoms with Crippen molar-refractivity contribution >= 4 is 33.1 Å². The minimum absolute atomic E-state index is 0.944. The van der Waals surface area contributed by atoms with Crippen LogP contribution in [-0.4, -0.2) is 28.7 Å². The molecule has 0 atom stereocenters. The Morgan fingerprint density at radius 3 is 0.833 bits per heavy atom. The molecule has 0 aliphatic rings. The van der Waals surface area contributed by atoms with E-state index in [1.54, 1.807) is 0 Å². The number of imidazole rings is 3. The van der Waals surface area contributed by atoms with Crippen LogP contribution >= 0.6 is 0 Å². The normalized spacial score (nSPS) is 11.6. The molecule has 0 spiro atoms. The summed E-state index contributed by atoms with van der Waals surface area (Å²) in [5.74, 6) is 2.83. The Labute approximate surface area is 313 Å². The number of para-hydroxylation sites is 6. The van der Waals surface area contributed by atoms with E-state index in [-0.39, 0.29) is 0 Å². The Morgan fingerprint density at radius 1 is 0.278 bits per heavy atom. The molecule has 6 heteroatoms. The van der Waals surface area contributed by atoms with E-state index in [1.807, 2.05) is 18.2 Å². The summed E-state index contributed by atoms with van der Waals surface area (Å²) in [6.07, 6.45) is 0. The van der Waals surface area contributed by atoms with E-state index < -0.39 is 0 Å². The minimum Gasteiger partial charge on any atom is -0.327 e. The Hall–Kier alpha value is -7.05. The fourth-order valence-corrected chi connectivity index (χ4v) is 7.85. The second-order valence-electron chi connectivity index (χ2n) is 14.0. The molecule has 10 aromatic rings. The van der Waals surface area contributed by atoms with Crippen molar-refractivity contribution < 1.29 is 0 Å². The fourth-order valence-electron chi connectivity index (χ4n) is 7.85. The summed E-state index contributed by atoms with van der Waals surface area (Å²) in [6.45, 7) is 0. The highest BCUT2D eigenvalue weighted by atomic mass is 15.1. The van der Waals surface area contributed by atoms with Gasteiger partial charge in [-0.2, -0.15) is 0 Å². The lowest BCUT2D eigenvalue weighted by Crippen LogP contribution is -1.94. The maximum Gasteiger partial charge on any atom is 0.140 e. The molecule has 3 aromatic heterocycles. The first-order chi connectivity index (χ1) is 26.5. The summed E-state index contributed by atoms with van der Waals surface area (Å²) in [5.41, 5.74) is 16.3. The van der Waals surface area contributed by atoms with Gasteiger partial charge in [-0.3, -0.25) is 0 Å². The summed E-state index contributed by atoms with van der Waals surface area (Å²) >= 11 is 0. The lowest BCUT2D eigenvalue weighted by Gasteiger charge is -2.14. The molecule has 0 amide bonds. The number of benzene rings is 7. The predicted octanol–water partition coefficient (Wildman–Crippen LogP) is 11.3. The summed E-state index contributed by atoms with van der Waals surface area (Å²) in [6, 6.07) is 58.0. The largest absolute Gasteiger partial charge is 0.327 e. The molecule has 0 aliphatic carbocycles. The van der Waals surface area contributed by atoms with Gasteiger partial charge in [0.15, 0.2) is 0 Å². The maximum absolute atomic E-state index is 5.02. The van der Waals surface area contributed by atoms with E-state index in [1.165, 1.54) is 0 Å². The summed E-state index contributed by atoms with van der Waals surface area (Å²) in [7, 11) is 6.27. The first-order valence-corrected chi connectivity index (χ1v) is 18.2. The van der Waals surface area contributed by atoms with E-state index in [0.29, 0.717) is 0 Å². The maximum atomic E-state index is 5.02. The summed E-state index contributed by atoms with van der Waals surface area (Å²) in [4.78, 5) is 15.1. The topological polar surface area (TPSA) is 53.5 Å².